The van der Waals surface area contributed by atoms with Gasteiger partial charge in [-0.15, -0.1) is 0 Å². The molecule has 0 aliphatic carbocycles. The molecule has 8 heteroatoms. The zero-order chi connectivity index (χ0) is 12.8. The summed E-state index contributed by atoms with van der Waals surface area (Å²) in [6.07, 6.45) is 0. The molecule has 0 bridgehead atoms. The second-order valence-corrected chi connectivity index (χ2v) is 5.02. The minimum Gasteiger partial charge on any atom is -0.503 e. The molecule has 0 radical (unpaired) electrons. The zero-order valence-corrected chi connectivity index (χ0v) is 9.79. The van der Waals surface area contributed by atoms with Crippen LogP contribution >= 0.6 is 0 Å². The highest BCUT2D eigenvalue weighted by molar-refractivity contribution is 7.89. The first-order valence-electron chi connectivity index (χ1n) is 4.52. The van der Waals surface area contributed by atoms with E-state index in [1.54, 1.807) is 0 Å². The van der Waals surface area contributed by atoms with E-state index in [0.29, 0.717) is 5.76 Å². The Kier molecular flexibility index (Phi) is 2.39. The van der Waals surface area contributed by atoms with Gasteiger partial charge in [-0.25, -0.2) is 13.2 Å². The normalized spacial score (nSPS) is 17.3. The summed E-state index contributed by atoms with van der Waals surface area (Å²) in [7, 11) is -2.85. The largest absolute Gasteiger partial charge is 0.503 e. The first-order chi connectivity index (χ1) is 7.86. The number of esters is 1. The molecular formula is C9H9NO6S. The van der Waals surface area contributed by atoms with Crippen molar-refractivity contribution in [3.63, 3.8) is 0 Å². The zero-order valence-electron chi connectivity index (χ0n) is 8.97. The third kappa shape index (κ3) is 1.66. The van der Waals surface area contributed by atoms with E-state index in [1.165, 1.54) is 13.0 Å². The highest BCUT2D eigenvalue weighted by Crippen LogP contribution is 2.31. The predicted molar refractivity (Wildman–Crippen MR) is 55.3 cm³/mol. The Balaban J connectivity index is 2.71. The van der Waals surface area contributed by atoms with Gasteiger partial charge in [-0.2, -0.15) is 0 Å². The fraction of sp³-hybridized carbons (Fsp3) is 0.222. The van der Waals surface area contributed by atoms with E-state index in [2.05, 4.69) is 4.74 Å². The number of furan rings is 1. The Morgan fingerprint density at radius 2 is 2.18 bits per heavy atom. The Hall–Kier alpha value is -1.96. The summed E-state index contributed by atoms with van der Waals surface area (Å²) in [5.74, 6) is -1.54. The average Bonchev–Trinajstić information content (AvgIpc) is 2.66. The van der Waals surface area contributed by atoms with Crippen LogP contribution in [0.3, 0.4) is 0 Å². The Morgan fingerprint density at radius 1 is 1.53 bits per heavy atom. The Morgan fingerprint density at radius 3 is 2.76 bits per heavy atom. The number of fused-ring (bicyclic) bond motifs is 1. The van der Waals surface area contributed by atoms with Crippen molar-refractivity contribution in [1.29, 1.82) is 0 Å². The first-order valence-corrected chi connectivity index (χ1v) is 6.00. The van der Waals surface area contributed by atoms with Crippen molar-refractivity contribution in [2.24, 2.45) is 0 Å². The maximum atomic E-state index is 11.7. The lowest BCUT2D eigenvalue weighted by molar-refractivity contribution is -0.136. The van der Waals surface area contributed by atoms with Crippen molar-refractivity contribution in [3.05, 3.63) is 23.3 Å². The highest BCUT2D eigenvalue weighted by atomic mass is 32.2. The smallest absolute Gasteiger partial charge is 0.359 e. The van der Waals surface area contributed by atoms with Crippen LogP contribution < -0.4 is 4.72 Å². The lowest BCUT2D eigenvalue weighted by Crippen LogP contribution is -2.32. The number of rotatable bonds is 1. The van der Waals surface area contributed by atoms with Gasteiger partial charge in [0.2, 0.25) is 0 Å². The first kappa shape index (κ1) is 11.5. The molecule has 17 heavy (non-hydrogen) atoms. The fourth-order valence-electron chi connectivity index (χ4n) is 1.45. The van der Waals surface area contributed by atoms with Gasteiger partial charge in [0.1, 0.15) is 10.7 Å². The number of aryl methyl sites for hydroxylation is 1. The molecule has 0 unspecified atom stereocenters. The van der Waals surface area contributed by atoms with Gasteiger partial charge < -0.3 is 14.3 Å². The number of hydrogen-bond donors (Lipinski definition) is 2. The van der Waals surface area contributed by atoms with Crippen molar-refractivity contribution in [3.8, 4) is 0 Å². The van der Waals surface area contributed by atoms with E-state index >= 15 is 0 Å². The van der Waals surface area contributed by atoms with Crippen molar-refractivity contribution in [2.45, 2.75) is 11.8 Å². The molecule has 0 spiro atoms. The van der Waals surface area contributed by atoms with Gasteiger partial charge in [-0.05, 0) is 6.92 Å². The summed E-state index contributed by atoms with van der Waals surface area (Å²) < 4.78 is 34.8. The number of aliphatic hydroxyl groups is 1. The van der Waals surface area contributed by atoms with Crippen LogP contribution in [0, 0.1) is 6.92 Å². The fourth-order valence-corrected chi connectivity index (χ4v) is 2.71. The van der Waals surface area contributed by atoms with Crippen LogP contribution in [0.1, 0.15) is 11.5 Å². The van der Waals surface area contributed by atoms with E-state index in [4.69, 9.17) is 4.42 Å². The molecule has 2 rings (SSSR count). The van der Waals surface area contributed by atoms with Crippen molar-refractivity contribution >= 4 is 21.8 Å². The molecule has 0 amide bonds. The van der Waals surface area contributed by atoms with Gasteiger partial charge in [0.05, 0.1) is 7.11 Å². The van der Waals surface area contributed by atoms with Crippen LogP contribution in [0.5, 0.6) is 0 Å². The van der Waals surface area contributed by atoms with Crippen LogP contribution in [0.15, 0.2) is 21.1 Å². The molecule has 1 aromatic rings. The molecule has 2 heterocycles. The molecule has 0 atom stereocenters. The number of carbonyl (C=O) groups excluding carboxylic acids is 1. The monoisotopic (exact) mass is 259 g/mol. The quantitative estimate of drug-likeness (QED) is 0.702. The summed E-state index contributed by atoms with van der Waals surface area (Å²) in [6.45, 7) is 1.53. The van der Waals surface area contributed by atoms with E-state index < -0.39 is 27.4 Å². The van der Waals surface area contributed by atoms with Gasteiger partial charge >= 0.3 is 5.97 Å². The van der Waals surface area contributed by atoms with Gasteiger partial charge in [-0.1, -0.05) is 0 Å². The van der Waals surface area contributed by atoms with Crippen molar-refractivity contribution in [1.82, 2.24) is 4.72 Å². The predicted octanol–water partition coefficient (Wildman–Crippen LogP) is 0.280. The standard InChI is InChI=1S/C9H9NO6S/c1-4-3-5-8(16-4)7(11)6(9(12)15-2)10-17(5,13)14/h3,10-11H,1-2H3. The number of ether oxygens (including phenoxy) is 1. The second kappa shape index (κ2) is 3.52. The molecule has 0 fully saturated rings. The number of sulfonamides is 1. The molecule has 7 nitrogen and oxygen atoms in total. The van der Waals surface area contributed by atoms with Crippen LogP contribution in [0.25, 0.3) is 5.76 Å². The number of aliphatic hydroxyl groups excluding tert-OH is 1. The average molecular weight is 259 g/mol. The molecule has 0 saturated heterocycles. The van der Waals surface area contributed by atoms with E-state index in [1.807, 2.05) is 4.72 Å². The van der Waals surface area contributed by atoms with Gasteiger partial charge in [0, 0.05) is 6.07 Å². The number of methoxy groups -OCH3 is 1. The maximum absolute atomic E-state index is 11.7. The van der Waals surface area contributed by atoms with Gasteiger partial charge in [0.15, 0.2) is 17.2 Å². The van der Waals surface area contributed by atoms with E-state index in [0.717, 1.165) is 7.11 Å². The molecule has 1 aliphatic heterocycles. The lowest BCUT2D eigenvalue weighted by Gasteiger charge is -2.15. The van der Waals surface area contributed by atoms with Gasteiger partial charge in [-0.3, -0.25) is 4.72 Å². The van der Waals surface area contributed by atoms with Crippen molar-refractivity contribution in [2.75, 3.05) is 7.11 Å². The van der Waals surface area contributed by atoms with Gasteiger partial charge in [0.25, 0.3) is 10.0 Å². The van der Waals surface area contributed by atoms with Crippen LogP contribution in [-0.4, -0.2) is 26.6 Å². The number of nitrogens with one attached hydrogen (secondary N) is 1. The molecule has 2 N–H and O–H groups in total. The summed E-state index contributed by atoms with van der Waals surface area (Å²) in [4.78, 5) is 11.1. The van der Waals surface area contributed by atoms with Crippen molar-refractivity contribution < 1.29 is 27.5 Å². The number of carbonyl (C=O) groups is 1. The Bertz CT molecular complexity index is 624. The Labute approximate surface area is 96.7 Å². The van der Waals surface area contributed by atoms with E-state index in [-0.39, 0.29) is 10.7 Å². The molecular weight excluding hydrogens is 250 g/mol. The summed E-state index contributed by atoms with van der Waals surface area (Å²) in [5, 5.41) is 9.73. The van der Waals surface area contributed by atoms with Crippen LogP contribution in [0.2, 0.25) is 0 Å². The van der Waals surface area contributed by atoms with Crippen LogP contribution in [0.4, 0.5) is 0 Å². The molecule has 1 aliphatic rings. The molecule has 1 aromatic heterocycles. The lowest BCUT2D eigenvalue weighted by atomic mass is 10.3. The molecule has 0 saturated carbocycles. The minimum absolute atomic E-state index is 0.208. The summed E-state index contributed by atoms with van der Waals surface area (Å²) in [6, 6.07) is 1.25. The van der Waals surface area contributed by atoms with E-state index in [9.17, 15) is 18.3 Å². The highest BCUT2D eigenvalue weighted by Gasteiger charge is 2.36. The second-order valence-electron chi connectivity index (χ2n) is 3.37. The topological polar surface area (TPSA) is 106 Å². The third-order valence-electron chi connectivity index (χ3n) is 2.19. The third-order valence-corrected chi connectivity index (χ3v) is 3.54. The SMILES string of the molecule is COC(=O)C1=C(O)c2oc(C)cc2S(=O)(=O)N1. The molecule has 92 valence electrons. The molecule has 0 aromatic carbocycles. The minimum atomic E-state index is -3.92. The summed E-state index contributed by atoms with van der Waals surface area (Å²) in [5.41, 5.74) is -0.561. The van der Waals surface area contributed by atoms with Crippen LogP contribution in [-0.2, 0) is 19.6 Å². The maximum Gasteiger partial charge on any atom is 0.359 e. The number of hydrogen-bond acceptors (Lipinski definition) is 6. The summed E-state index contributed by atoms with van der Waals surface area (Å²) >= 11 is 0.